The Labute approximate surface area is 107 Å². The van der Waals surface area contributed by atoms with Crippen molar-refractivity contribution in [2.75, 3.05) is 6.61 Å². The van der Waals surface area contributed by atoms with E-state index in [1.807, 2.05) is 0 Å². The molecule has 0 saturated carbocycles. The Bertz CT molecular complexity index is 465. The zero-order valence-electron chi connectivity index (χ0n) is 9.10. The number of amides is 1. The van der Waals surface area contributed by atoms with E-state index in [2.05, 4.69) is 4.98 Å². The Morgan fingerprint density at radius 1 is 1.56 bits per heavy atom. The van der Waals surface area contributed by atoms with Crippen LogP contribution in [0.1, 0.15) is 16.7 Å². The number of carbonyl (C=O) groups is 1. The second kappa shape index (κ2) is 4.82. The van der Waals surface area contributed by atoms with Gasteiger partial charge in [0.15, 0.2) is 11.9 Å². The lowest BCUT2D eigenvalue weighted by atomic mass is 10.1. The molecular weight excluding hydrogens is 266 g/mol. The van der Waals surface area contributed by atoms with Crippen molar-refractivity contribution in [1.82, 2.24) is 9.55 Å². The van der Waals surface area contributed by atoms with E-state index in [9.17, 15) is 15.0 Å². The summed E-state index contributed by atoms with van der Waals surface area (Å²) in [5, 5.41) is 28.2. The zero-order chi connectivity index (χ0) is 13.4. The molecule has 0 aromatic carbocycles. The topological polar surface area (TPSA) is 131 Å². The molecule has 8 nitrogen and oxygen atoms in total. The molecule has 2 rings (SSSR count). The summed E-state index contributed by atoms with van der Waals surface area (Å²) in [6.07, 6.45) is -3.35. The van der Waals surface area contributed by atoms with Gasteiger partial charge >= 0.3 is 0 Å². The van der Waals surface area contributed by atoms with E-state index in [1.165, 1.54) is 10.9 Å². The van der Waals surface area contributed by atoms with E-state index >= 15 is 0 Å². The number of nitrogens with zero attached hydrogens (tertiary/aromatic N) is 2. The van der Waals surface area contributed by atoms with Crippen LogP contribution < -0.4 is 5.73 Å². The summed E-state index contributed by atoms with van der Waals surface area (Å²) in [7, 11) is 0. The Morgan fingerprint density at radius 2 is 2.22 bits per heavy atom. The molecule has 4 atom stereocenters. The van der Waals surface area contributed by atoms with Crippen molar-refractivity contribution in [3.8, 4) is 0 Å². The minimum Gasteiger partial charge on any atom is -0.394 e. The number of imidazole rings is 1. The highest BCUT2D eigenvalue weighted by Gasteiger charge is 2.44. The number of carbonyl (C=O) groups excluding carboxylic acids is 1. The van der Waals surface area contributed by atoms with Gasteiger partial charge in [-0.3, -0.25) is 9.36 Å². The molecular formula is C9H12ClN3O5. The molecule has 1 aliphatic rings. The lowest BCUT2D eigenvalue weighted by molar-refractivity contribution is -0.0526. The fraction of sp³-hybridized carbons (Fsp3) is 0.556. The van der Waals surface area contributed by atoms with Crippen LogP contribution in [0.3, 0.4) is 0 Å². The highest BCUT2D eigenvalue weighted by molar-refractivity contribution is 6.32. The molecule has 1 saturated heterocycles. The lowest BCUT2D eigenvalue weighted by Gasteiger charge is -2.16. The maximum Gasteiger partial charge on any atom is 0.270 e. The number of aromatic nitrogens is 2. The van der Waals surface area contributed by atoms with Gasteiger partial charge in [0, 0.05) is 0 Å². The predicted octanol–water partition coefficient (Wildman–Crippen LogP) is -1.75. The van der Waals surface area contributed by atoms with Crippen LogP contribution >= 0.6 is 11.6 Å². The molecule has 0 aliphatic carbocycles. The van der Waals surface area contributed by atoms with Crippen LogP contribution in [0.5, 0.6) is 0 Å². The van der Waals surface area contributed by atoms with Gasteiger partial charge in [0.2, 0.25) is 0 Å². The normalized spacial score (nSPS) is 31.8. The van der Waals surface area contributed by atoms with E-state index in [1.54, 1.807) is 0 Å². The summed E-state index contributed by atoms with van der Waals surface area (Å²) in [6, 6.07) is 0. The number of nitrogens with two attached hydrogens (primary N) is 1. The minimum absolute atomic E-state index is 0.0997. The number of ether oxygens (including phenoxy) is 1. The van der Waals surface area contributed by atoms with Crippen LogP contribution in [-0.4, -0.2) is 55.7 Å². The van der Waals surface area contributed by atoms with Gasteiger partial charge in [-0.05, 0) is 0 Å². The van der Waals surface area contributed by atoms with E-state index < -0.39 is 37.1 Å². The van der Waals surface area contributed by atoms with Crippen molar-refractivity contribution in [2.24, 2.45) is 5.73 Å². The fourth-order valence-corrected chi connectivity index (χ4v) is 2.08. The van der Waals surface area contributed by atoms with E-state index in [4.69, 9.17) is 27.2 Å². The minimum atomic E-state index is -1.30. The molecule has 1 fully saturated rings. The molecule has 18 heavy (non-hydrogen) atoms. The second-order valence-electron chi connectivity index (χ2n) is 3.88. The van der Waals surface area contributed by atoms with Crippen molar-refractivity contribution in [1.29, 1.82) is 0 Å². The Balaban J connectivity index is 2.30. The smallest absolute Gasteiger partial charge is 0.270 e. The second-order valence-corrected chi connectivity index (χ2v) is 4.24. The largest absolute Gasteiger partial charge is 0.394 e. The standard InChI is InChI=1S/C9H12ClN3O5/c10-7-4(8(11)17)12-2-13(7)9-6(16)5(15)3(1-14)18-9/h2-3,5-6,9,14-16H,1H2,(H2,11,17). The summed E-state index contributed by atoms with van der Waals surface area (Å²) in [5.74, 6) is -0.814. The Morgan fingerprint density at radius 3 is 2.67 bits per heavy atom. The van der Waals surface area contributed by atoms with E-state index in [0.29, 0.717) is 0 Å². The third kappa shape index (κ3) is 1.98. The van der Waals surface area contributed by atoms with E-state index in [0.717, 1.165) is 0 Å². The van der Waals surface area contributed by atoms with Gasteiger partial charge in [-0.1, -0.05) is 11.6 Å². The monoisotopic (exact) mass is 277 g/mol. The molecule has 0 radical (unpaired) electrons. The predicted molar refractivity (Wildman–Crippen MR) is 58.8 cm³/mol. The van der Waals surface area contributed by atoms with Crippen LogP contribution in [0.4, 0.5) is 0 Å². The van der Waals surface area contributed by atoms with Crippen LogP contribution in [0.15, 0.2) is 6.33 Å². The van der Waals surface area contributed by atoms with Crippen LogP contribution in [0.2, 0.25) is 5.15 Å². The van der Waals surface area contributed by atoms with Crippen molar-refractivity contribution in [3.05, 3.63) is 17.2 Å². The molecule has 9 heteroatoms. The van der Waals surface area contributed by atoms with Crippen LogP contribution in [0, 0.1) is 0 Å². The molecule has 1 amide bonds. The maximum atomic E-state index is 11.0. The molecule has 0 bridgehead atoms. The third-order valence-corrected chi connectivity index (χ3v) is 3.13. The van der Waals surface area contributed by atoms with Gasteiger partial charge in [0.1, 0.15) is 23.5 Å². The highest BCUT2D eigenvalue weighted by atomic mass is 35.5. The summed E-state index contributed by atoms with van der Waals surface area (Å²) in [5.41, 5.74) is 4.89. The number of rotatable bonds is 3. The number of hydrogen-bond acceptors (Lipinski definition) is 6. The fourth-order valence-electron chi connectivity index (χ4n) is 1.80. The summed E-state index contributed by atoms with van der Waals surface area (Å²) >= 11 is 5.87. The van der Waals surface area contributed by atoms with Gasteiger partial charge in [0.05, 0.1) is 12.9 Å². The summed E-state index contributed by atoms with van der Waals surface area (Å²) in [4.78, 5) is 14.7. The van der Waals surface area contributed by atoms with Crippen LogP contribution in [-0.2, 0) is 4.74 Å². The van der Waals surface area contributed by atoms with Crippen molar-refractivity contribution in [3.63, 3.8) is 0 Å². The summed E-state index contributed by atoms with van der Waals surface area (Å²) in [6.45, 7) is -0.455. The van der Waals surface area contributed by atoms with Crippen LogP contribution in [0.25, 0.3) is 0 Å². The number of halogens is 1. The third-order valence-electron chi connectivity index (χ3n) is 2.76. The van der Waals surface area contributed by atoms with Gasteiger partial charge in [-0.15, -0.1) is 0 Å². The van der Waals surface area contributed by atoms with Gasteiger partial charge in [-0.25, -0.2) is 4.98 Å². The molecule has 100 valence electrons. The number of aliphatic hydroxyl groups is 3. The van der Waals surface area contributed by atoms with Gasteiger partial charge in [0.25, 0.3) is 5.91 Å². The highest BCUT2D eigenvalue weighted by Crippen LogP contribution is 2.32. The number of aliphatic hydroxyl groups excluding tert-OH is 3. The lowest BCUT2D eigenvalue weighted by Crippen LogP contribution is -2.33. The molecule has 1 aromatic rings. The quantitative estimate of drug-likeness (QED) is 0.518. The first-order valence-electron chi connectivity index (χ1n) is 5.12. The summed E-state index contributed by atoms with van der Waals surface area (Å²) < 4.78 is 6.40. The van der Waals surface area contributed by atoms with Gasteiger partial charge in [-0.2, -0.15) is 0 Å². The average Bonchev–Trinajstić information content (AvgIpc) is 2.82. The van der Waals surface area contributed by atoms with Crippen molar-refractivity contribution >= 4 is 17.5 Å². The molecule has 1 aliphatic heterocycles. The van der Waals surface area contributed by atoms with Gasteiger partial charge < -0.3 is 25.8 Å². The van der Waals surface area contributed by atoms with Crippen molar-refractivity contribution in [2.45, 2.75) is 24.5 Å². The zero-order valence-corrected chi connectivity index (χ0v) is 9.86. The number of hydrogen-bond donors (Lipinski definition) is 4. The Kier molecular flexibility index (Phi) is 3.55. The number of primary amides is 1. The first-order valence-corrected chi connectivity index (χ1v) is 5.49. The molecule has 1 aromatic heterocycles. The average molecular weight is 278 g/mol. The maximum absolute atomic E-state index is 11.0. The first-order chi connectivity index (χ1) is 8.47. The molecule has 4 unspecified atom stereocenters. The Hall–Kier alpha value is -1.19. The molecule has 2 heterocycles. The van der Waals surface area contributed by atoms with Crippen molar-refractivity contribution < 1.29 is 24.9 Å². The molecule has 0 spiro atoms. The molecule has 5 N–H and O–H groups in total. The van der Waals surface area contributed by atoms with E-state index in [-0.39, 0.29) is 10.8 Å². The SMILES string of the molecule is NC(=O)c1ncn(C2OC(CO)C(O)C2O)c1Cl. The first kappa shape index (κ1) is 13.2.